The number of nitrogens with one attached hydrogen (secondary N) is 1. The van der Waals surface area contributed by atoms with Crippen molar-refractivity contribution in [1.82, 2.24) is 14.2 Å². The number of hydrogen-bond acceptors (Lipinski definition) is 15. The topological polar surface area (TPSA) is 234 Å². The van der Waals surface area contributed by atoms with E-state index in [2.05, 4.69) is 53.7 Å². The minimum Gasteiger partial charge on any atom is -0.744 e. The van der Waals surface area contributed by atoms with E-state index < -0.39 is 82.2 Å². The van der Waals surface area contributed by atoms with Gasteiger partial charge in [-0.2, -0.15) is 0 Å². The molecule has 0 fully saturated rings. The van der Waals surface area contributed by atoms with Crippen molar-refractivity contribution in [1.29, 1.82) is 0 Å². The van der Waals surface area contributed by atoms with Crippen LogP contribution >= 0.6 is 7.82 Å². The van der Waals surface area contributed by atoms with Gasteiger partial charge in [-0.1, -0.05) is 195 Å². The number of nitrogens with zero attached hydrogens (tertiary/aromatic N) is 3. The van der Waals surface area contributed by atoms with Crippen molar-refractivity contribution in [3.8, 4) is 22.5 Å². The summed E-state index contributed by atoms with van der Waals surface area (Å²) in [4.78, 5) is 39.7. The zero-order chi connectivity index (χ0) is 66.9. The van der Waals surface area contributed by atoms with Crippen molar-refractivity contribution in [3.05, 3.63) is 60.0 Å². The van der Waals surface area contributed by atoms with E-state index in [1.807, 2.05) is 52.0 Å². The van der Waals surface area contributed by atoms with Crippen molar-refractivity contribution in [2.45, 2.75) is 258 Å². The molecule has 0 bridgehead atoms. The first-order valence-electron chi connectivity index (χ1n) is 34.9. The van der Waals surface area contributed by atoms with Crippen molar-refractivity contribution >= 4 is 56.6 Å². The number of phosphoric ester groups is 1. The van der Waals surface area contributed by atoms with Crippen LogP contribution < -0.4 is 19.6 Å². The van der Waals surface area contributed by atoms with Crippen molar-refractivity contribution in [2.75, 3.05) is 77.1 Å². The fourth-order valence-corrected chi connectivity index (χ4v) is 13.9. The van der Waals surface area contributed by atoms with Crippen LogP contribution in [0.4, 0.5) is 5.69 Å². The van der Waals surface area contributed by atoms with Crippen LogP contribution in [0, 0.1) is 0 Å². The molecule has 2 atom stereocenters. The minimum atomic E-state index is -5.32. The maximum Gasteiger partial charge on any atom is 0.472 e. The number of ether oxygens (including phenoxy) is 2. The van der Waals surface area contributed by atoms with Crippen molar-refractivity contribution in [2.24, 2.45) is 0 Å². The molecule has 0 spiro atoms. The predicted octanol–water partition coefficient (Wildman–Crippen LogP) is 15.9. The van der Waals surface area contributed by atoms with E-state index in [0.29, 0.717) is 66.9 Å². The molecule has 2 N–H and O–H groups in total. The van der Waals surface area contributed by atoms with Gasteiger partial charge < -0.3 is 33.1 Å². The number of esters is 2. The van der Waals surface area contributed by atoms with Crippen LogP contribution in [0.3, 0.4) is 0 Å². The summed E-state index contributed by atoms with van der Waals surface area (Å²) in [6.45, 7) is 23.2. The normalized spacial score (nSPS) is 12.9. The number of anilines is 1. The Balaban J connectivity index is 0.00000291. The second-order valence-corrected chi connectivity index (χ2v) is 28.3. The molecular formula is C70H117N4O14PS2. The molecule has 2 aliphatic rings. The first-order valence-corrected chi connectivity index (χ1v) is 39.3. The van der Waals surface area contributed by atoms with Crippen LogP contribution in [0.1, 0.15) is 242 Å². The summed E-state index contributed by atoms with van der Waals surface area (Å²) in [7, 11) is -14.8. The van der Waals surface area contributed by atoms with Gasteiger partial charge in [0.05, 0.1) is 29.1 Å². The Morgan fingerprint density at radius 1 is 0.593 bits per heavy atom. The monoisotopic (exact) mass is 1330 g/mol. The van der Waals surface area contributed by atoms with E-state index in [1.54, 1.807) is 12.1 Å². The Kier molecular flexibility index (Phi) is 40.9. The number of carbonyl (C=O) groups excluding carboxylic acids is 2. The maximum atomic E-state index is 13.7. The number of hydrogen-bond donors (Lipinski definition) is 2. The van der Waals surface area contributed by atoms with Gasteiger partial charge in [0.1, 0.15) is 41.2 Å². The van der Waals surface area contributed by atoms with E-state index in [-0.39, 0.29) is 18.4 Å². The lowest BCUT2D eigenvalue weighted by atomic mass is 9.93. The van der Waals surface area contributed by atoms with Crippen LogP contribution in [0.5, 0.6) is 0 Å². The van der Waals surface area contributed by atoms with Gasteiger partial charge in [-0.3, -0.25) is 18.6 Å². The average Bonchev–Trinajstić information content (AvgIpc) is 0.764. The summed E-state index contributed by atoms with van der Waals surface area (Å²) < 4.78 is 112. The smallest absolute Gasteiger partial charge is 0.472 e. The molecule has 1 aliphatic carbocycles. The Bertz CT molecular complexity index is 2990. The second kappa shape index (κ2) is 46.0. The van der Waals surface area contributed by atoms with Crippen LogP contribution in [-0.2, 0) is 52.8 Å². The summed E-state index contributed by atoms with van der Waals surface area (Å²) in [5.41, 5.74) is 2.11. The van der Waals surface area contributed by atoms with Crippen LogP contribution in [0.25, 0.3) is 33.4 Å². The van der Waals surface area contributed by atoms with Crippen molar-refractivity contribution in [3.63, 3.8) is 0 Å². The highest BCUT2D eigenvalue weighted by Crippen LogP contribution is 2.45. The van der Waals surface area contributed by atoms with Crippen LogP contribution in [0.2, 0.25) is 0 Å². The van der Waals surface area contributed by atoms with Gasteiger partial charge in [0, 0.05) is 72.4 Å². The highest BCUT2D eigenvalue weighted by Gasteiger charge is 2.28. The summed E-state index contributed by atoms with van der Waals surface area (Å²) in [6.07, 6.45) is 29.0. The number of phosphoric acid groups is 1. The fourth-order valence-electron chi connectivity index (χ4n) is 11.3. The fraction of sp³-hybridized carbons (Fsp3) is 0.700. The molecule has 0 radical (unpaired) electrons. The molecule has 1 heterocycles. The lowest BCUT2D eigenvalue weighted by molar-refractivity contribution is -0.161. The summed E-state index contributed by atoms with van der Waals surface area (Å²) >= 11 is 0. The average molecular weight is 1330 g/mol. The molecule has 2 aromatic carbocycles. The summed E-state index contributed by atoms with van der Waals surface area (Å²) in [6, 6.07) is 14.3. The highest BCUT2D eigenvalue weighted by molar-refractivity contribution is 7.89. The molecule has 0 aromatic heterocycles. The number of carbonyl (C=O) groups is 2. The third-order valence-corrected chi connectivity index (χ3v) is 20.2. The zero-order valence-electron chi connectivity index (χ0n) is 57.2. The number of rotatable bonds is 50. The summed E-state index contributed by atoms with van der Waals surface area (Å²) in [5.74, 6) is -0.641. The van der Waals surface area contributed by atoms with E-state index >= 15 is 0 Å². The molecule has 518 valence electrons. The molecule has 0 saturated heterocycles. The molecule has 1 unspecified atom stereocenters. The lowest BCUT2D eigenvalue weighted by Gasteiger charge is -2.23. The lowest BCUT2D eigenvalue weighted by Crippen LogP contribution is -2.30. The first-order chi connectivity index (χ1) is 43.8. The minimum absolute atomic E-state index is 0.0317. The number of unbranched alkanes of at least 4 members (excludes halogenated alkanes) is 24. The number of fused-ring (bicyclic) bond motifs is 2. The molecule has 4 rings (SSSR count). The molecule has 0 amide bonds. The Morgan fingerprint density at radius 2 is 1.09 bits per heavy atom. The van der Waals surface area contributed by atoms with E-state index in [9.17, 15) is 40.4 Å². The molecule has 18 nitrogen and oxygen atoms in total. The van der Waals surface area contributed by atoms with Gasteiger partial charge in [0.25, 0.3) is 0 Å². The predicted molar refractivity (Wildman–Crippen MR) is 368 cm³/mol. The number of benzene rings is 3. The van der Waals surface area contributed by atoms with E-state index in [4.69, 9.17) is 22.9 Å². The van der Waals surface area contributed by atoms with Gasteiger partial charge in [0.2, 0.25) is 15.4 Å². The molecule has 2 aromatic rings. The van der Waals surface area contributed by atoms with Crippen LogP contribution in [-0.4, -0.2) is 121 Å². The Hall–Kier alpha value is -4.24. The van der Waals surface area contributed by atoms with Gasteiger partial charge in [-0.25, -0.2) is 30.7 Å². The highest BCUT2D eigenvalue weighted by atomic mass is 32.2. The third-order valence-electron chi connectivity index (χ3n) is 16.9. The quantitative estimate of drug-likeness (QED) is 0.0104. The third kappa shape index (κ3) is 31.2. The van der Waals surface area contributed by atoms with Crippen molar-refractivity contribution < 1.29 is 63.4 Å². The molecule has 21 heteroatoms. The Labute approximate surface area is 548 Å². The SMILES string of the molecule is CCCCCCCCCCCCCCCC(=O)OC[C@H](COP(=O)(O)OCCNS(=O)(=O)c1ccc(-c2c3ccc(=[N+](CC)CC)cc-3oc3cc(N(CC)CC)ccc23)c(S(=O)(=O)[O-])c1)OC(=O)CCCCCCCCCCCCCCC.CCN(CC)CC. The molecule has 91 heavy (non-hydrogen) atoms. The zero-order valence-corrected chi connectivity index (χ0v) is 59.7. The first kappa shape index (κ1) is 81.0. The Morgan fingerprint density at radius 3 is 1.56 bits per heavy atom. The second-order valence-electron chi connectivity index (χ2n) is 23.7. The van der Waals surface area contributed by atoms with E-state index in [1.165, 1.54) is 141 Å². The standard InChI is InChI=1S/C64H102N3O14PS2.C6H15N/c1-7-13-15-17-19-21-23-25-27-29-31-33-35-37-62(68)77-50-54(80-63(69)38-36-34-32-30-28-26-24-22-20-18-16-14-8-2)51-79-82(70,71)78-46-45-65-83(72,73)55-41-44-58(61(49-55)84(74,75)76)64-56-42-39-52(66(9-3)10-4)47-59(56)81-60-48-53(40-43-57(60)64)67(11-5)12-6;1-4-7(5-2)6-3/h39-44,47-49,54,65H,7-38,45-46,50-51H2,1-6H3,(H-,70,71,74,75,76);4-6H2,1-3H3/t54-;/m1./s1. The molecule has 1 aliphatic heterocycles. The largest absolute Gasteiger partial charge is 0.744 e. The molecule has 0 saturated carbocycles. The van der Waals surface area contributed by atoms with Crippen LogP contribution in [0.15, 0.2) is 68.8 Å². The summed E-state index contributed by atoms with van der Waals surface area (Å²) in [5, 5.41) is 1.36. The van der Waals surface area contributed by atoms with E-state index in [0.717, 1.165) is 62.1 Å². The van der Waals surface area contributed by atoms with Gasteiger partial charge in [0.15, 0.2) is 6.10 Å². The van der Waals surface area contributed by atoms with Gasteiger partial charge in [-0.05, 0) is 90.5 Å². The van der Waals surface area contributed by atoms with Gasteiger partial charge >= 0.3 is 19.8 Å². The number of sulfonamides is 1. The van der Waals surface area contributed by atoms with Gasteiger partial charge in [-0.15, -0.1) is 0 Å². The maximum absolute atomic E-state index is 13.7. The molecular weight excluding hydrogens is 1220 g/mol.